The average molecular weight is 298 g/mol. The van der Waals surface area contributed by atoms with Crippen molar-refractivity contribution < 1.29 is 4.79 Å². The number of nitrogens with one attached hydrogen (secondary N) is 2. The van der Waals surface area contributed by atoms with Crippen molar-refractivity contribution in [2.45, 2.75) is 13.8 Å². The number of amides is 1. The lowest BCUT2D eigenvalue weighted by molar-refractivity contribution is -0.121. The zero-order valence-corrected chi connectivity index (χ0v) is 11.5. The fourth-order valence-electron chi connectivity index (χ4n) is 1.76. The quantitative estimate of drug-likeness (QED) is 0.839. The van der Waals surface area contributed by atoms with Crippen LogP contribution in [0, 0.1) is 18.8 Å². The molecule has 0 aliphatic carbocycles. The number of halogens is 1. The molecule has 0 saturated carbocycles. The van der Waals surface area contributed by atoms with Crippen LogP contribution in [0.1, 0.15) is 12.5 Å². The van der Waals surface area contributed by atoms with Gasteiger partial charge in [0.15, 0.2) is 0 Å². The standard InChI is InChI=1S/C12H16BrN3O/c1-7-3-10(6-15-11(7)13)16-12(17)8(2)9-4-14-5-9/h3,6,8-9,14H,4-5H2,1-2H3,(H,16,17). The predicted octanol–water partition coefficient (Wildman–Crippen LogP) is 1.95. The van der Waals surface area contributed by atoms with Crippen LogP contribution in [-0.4, -0.2) is 24.0 Å². The van der Waals surface area contributed by atoms with E-state index >= 15 is 0 Å². The highest BCUT2D eigenvalue weighted by atomic mass is 79.9. The molecule has 1 aliphatic rings. The van der Waals surface area contributed by atoms with E-state index in [2.05, 4.69) is 31.5 Å². The first-order valence-corrected chi connectivity index (χ1v) is 6.51. The summed E-state index contributed by atoms with van der Waals surface area (Å²) >= 11 is 3.34. The van der Waals surface area contributed by atoms with E-state index in [4.69, 9.17) is 0 Å². The molecule has 92 valence electrons. The molecular weight excluding hydrogens is 282 g/mol. The number of carbonyl (C=O) groups excluding carboxylic acids is 1. The van der Waals surface area contributed by atoms with Gasteiger partial charge in [0.25, 0.3) is 0 Å². The zero-order chi connectivity index (χ0) is 12.4. The number of hydrogen-bond donors (Lipinski definition) is 2. The van der Waals surface area contributed by atoms with Crippen LogP contribution >= 0.6 is 15.9 Å². The van der Waals surface area contributed by atoms with Gasteiger partial charge in [0, 0.05) is 5.92 Å². The number of anilines is 1. The van der Waals surface area contributed by atoms with Crippen LogP contribution in [0.4, 0.5) is 5.69 Å². The van der Waals surface area contributed by atoms with Gasteiger partial charge in [-0.1, -0.05) is 6.92 Å². The molecule has 1 fully saturated rings. The Kier molecular flexibility index (Phi) is 3.79. The van der Waals surface area contributed by atoms with Crippen LogP contribution in [0.25, 0.3) is 0 Å². The van der Waals surface area contributed by atoms with E-state index in [9.17, 15) is 4.79 Å². The third-order valence-corrected chi connectivity index (χ3v) is 4.05. The van der Waals surface area contributed by atoms with Gasteiger partial charge in [-0.05, 0) is 53.5 Å². The van der Waals surface area contributed by atoms with Gasteiger partial charge in [0.05, 0.1) is 11.9 Å². The zero-order valence-electron chi connectivity index (χ0n) is 9.96. The topological polar surface area (TPSA) is 54.0 Å². The smallest absolute Gasteiger partial charge is 0.227 e. The van der Waals surface area contributed by atoms with Crippen LogP contribution in [0.3, 0.4) is 0 Å². The molecule has 2 heterocycles. The van der Waals surface area contributed by atoms with Crippen LogP contribution in [0.15, 0.2) is 16.9 Å². The Morgan fingerprint density at radius 1 is 1.65 bits per heavy atom. The monoisotopic (exact) mass is 297 g/mol. The minimum Gasteiger partial charge on any atom is -0.324 e. The van der Waals surface area contributed by atoms with Gasteiger partial charge in [-0.25, -0.2) is 4.98 Å². The number of pyridine rings is 1. The second kappa shape index (κ2) is 5.14. The molecule has 1 aromatic rings. The Hall–Kier alpha value is -0.940. The van der Waals surface area contributed by atoms with Gasteiger partial charge in [-0.3, -0.25) is 4.79 Å². The number of aryl methyl sites for hydroxylation is 1. The van der Waals surface area contributed by atoms with Gasteiger partial charge in [-0.15, -0.1) is 0 Å². The maximum absolute atomic E-state index is 12.0. The molecule has 0 spiro atoms. The first kappa shape index (κ1) is 12.5. The normalized spacial score (nSPS) is 17.4. The van der Waals surface area contributed by atoms with Gasteiger partial charge in [0.2, 0.25) is 5.91 Å². The lowest BCUT2D eigenvalue weighted by Crippen LogP contribution is -2.48. The van der Waals surface area contributed by atoms with Crippen molar-refractivity contribution in [3.63, 3.8) is 0 Å². The minimum absolute atomic E-state index is 0.0419. The number of aromatic nitrogens is 1. The molecule has 4 nitrogen and oxygen atoms in total. The predicted molar refractivity (Wildman–Crippen MR) is 70.8 cm³/mol. The molecular formula is C12H16BrN3O. The summed E-state index contributed by atoms with van der Waals surface area (Å²) in [5.41, 5.74) is 1.77. The van der Waals surface area contributed by atoms with E-state index in [1.54, 1.807) is 6.20 Å². The highest BCUT2D eigenvalue weighted by Crippen LogP contribution is 2.20. The summed E-state index contributed by atoms with van der Waals surface area (Å²) in [7, 11) is 0. The number of hydrogen-bond acceptors (Lipinski definition) is 3. The third kappa shape index (κ3) is 2.84. The van der Waals surface area contributed by atoms with E-state index < -0.39 is 0 Å². The molecule has 1 unspecified atom stereocenters. The summed E-state index contributed by atoms with van der Waals surface area (Å²) in [6.45, 7) is 5.80. The summed E-state index contributed by atoms with van der Waals surface area (Å²) in [6, 6.07) is 1.92. The van der Waals surface area contributed by atoms with Gasteiger partial charge >= 0.3 is 0 Å². The van der Waals surface area contributed by atoms with Gasteiger partial charge < -0.3 is 10.6 Å². The van der Waals surface area contributed by atoms with Crippen molar-refractivity contribution in [3.8, 4) is 0 Å². The Bertz CT molecular complexity index is 432. The molecule has 1 amide bonds. The Morgan fingerprint density at radius 3 is 2.88 bits per heavy atom. The van der Waals surface area contributed by atoms with Crippen LogP contribution in [0.2, 0.25) is 0 Å². The summed E-state index contributed by atoms with van der Waals surface area (Å²) in [4.78, 5) is 16.1. The third-order valence-electron chi connectivity index (χ3n) is 3.22. The fraction of sp³-hybridized carbons (Fsp3) is 0.500. The Balaban J connectivity index is 1.99. The number of nitrogens with zero attached hydrogens (tertiary/aromatic N) is 1. The molecule has 0 bridgehead atoms. The van der Waals surface area contributed by atoms with Crippen molar-refractivity contribution in [1.29, 1.82) is 0 Å². The average Bonchev–Trinajstić information content (AvgIpc) is 2.21. The largest absolute Gasteiger partial charge is 0.324 e. The Morgan fingerprint density at radius 2 is 2.35 bits per heavy atom. The van der Waals surface area contributed by atoms with Crippen molar-refractivity contribution in [2.75, 3.05) is 18.4 Å². The molecule has 5 heteroatoms. The second-order valence-electron chi connectivity index (χ2n) is 4.53. The van der Waals surface area contributed by atoms with E-state index in [1.807, 2.05) is 19.9 Å². The summed E-state index contributed by atoms with van der Waals surface area (Å²) in [5, 5.41) is 6.09. The van der Waals surface area contributed by atoms with Crippen molar-refractivity contribution in [2.24, 2.45) is 11.8 Å². The highest BCUT2D eigenvalue weighted by molar-refractivity contribution is 9.10. The van der Waals surface area contributed by atoms with Crippen molar-refractivity contribution >= 4 is 27.5 Å². The maximum atomic E-state index is 12.0. The van der Waals surface area contributed by atoms with E-state index in [0.717, 1.165) is 28.9 Å². The van der Waals surface area contributed by atoms with Crippen molar-refractivity contribution in [3.05, 3.63) is 22.4 Å². The summed E-state index contributed by atoms with van der Waals surface area (Å²) < 4.78 is 0.812. The number of rotatable bonds is 3. The maximum Gasteiger partial charge on any atom is 0.227 e. The lowest BCUT2D eigenvalue weighted by Gasteiger charge is -2.31. The van der Waals surface area contributed by atoms with E-state index in [-0.39, 0.29) is 11.8 Å². The van der Waals surface area contributed by atoms with Crippen molar-refractivity contribution in [1.82, 2.24) is 10.3 Å². The minimum atomic E-state index is 0.0419. The van der Waals surface area contributed by atoms with Crippen LogP contribution < -0.4 is 10.6 Å². The molecule has 17 heavy (non-hydrogen) atoms. The van der Waals surface area contributed by atoms with E-state index in [0.29, 0.717) is 5.92 Å². The molecule has 1 atom stereocenters. The molecule has 1 aromatic heterocycles. The first-order chi connectivity index (χ1) is 8.08. The molecule has 0 aromatic carbocycles. The Labute approximate surface area is 109 Å². The molecule has 2 N–H and O–H groups in total. The second-order valence-corrected chi connectivity index (χ2v) is 5.28. The lowest BCUT2D eigenvalue weighted by atomic mass is 9.88. The van der Waals surface area contributed by atoms with Crippen LogP contribution in [-0.2, 0) is 4.79 Å². The fourth-order valence-corrected chi connectivity index (χ4v) is 1.98. The summed E-state index contributed by atoms with van der Waals surface area (Å²) in [5.74, 6) is 0.569. The first-order valence-electron chi connectivity index (χ1n) is 5.71. The molecule has 2 rings (SSSR count). The highest BCUT2D eigenvalue weighted by Gasteiger charge is 2.28. The number of carbonyl (C=O) groups is 1. The van der Waals surface area contributed by atoms with Gasteiger partial charge in [-0.2, -0.15) is 0 Å². The van der Waals surface area contributed by atoms with Gasteiger partial charge in [0.1, 0.15) is 4.60 Å². The molecule has 1 saturated heterocycles. The van der Waals surface area contributed by atoms with Crippen LogP contribution in [0.5, 0.6) is 0 Å². The SMILES string of the molecule is Cc1cc(NC(=O)C(C)C2CNC2)cnc1Br. The molecule has 1 aliphatic heterocycles. The molecule has 0 radical (unpaired) electrons. The van der Waals surface area contributed by atoms with E-state index in [1.165, 1.54) is 0 Å². The summed E-state index contributed by atoms with van der Waals surface area (Å²) in [6.07, 6.45) is 1.67.